The first kappa shape index (κ1) is 20.9. The molecule has 1 heterocycles. The number of carbonyl (C=O) groups excluding carboxylic acids is 2. The number of aliphatic carboxylic acids is 1. The molecule has 0 radical (unpaired) electrons. The van der Waals surface area contributed by atoms with Crippen molar-refractivity contribution in [2.24, 2.45) is 0 Å². The van der Waals surface area contributed by atoms with E-state index in [0.717, 1.165) is 5.56 Å². The molecule has 2 amide bonds. The maximum Gasteiger partial charge on any atom is 0.326 e. The molecule has 0 aliphatic carbocycles. The minimum Gasteiger partial charge on any atom is -0.480 e. The van der Waals surface area contributed by atoms with Crippen LogP contribution < -0.4 is 10.6 Å². The molecule has 1 aliphatic rings. The Bertz CT molecular complexity index is 670. The van der Waals surface area contributed by atoms with E-state index in [0.29, 0.717) is 25.8 Å². The van der Waals surface area contributed by atoms with Crippen molar-refractivity contribution < 1.29 is 19.5 Å². The number of nitrogens with zero attached hydrogens (tertiary/aromatic N) is 1. The Hall–Kier alpha value is -2.41. The summed E-state index contributed by atoms with van der Waals surface area (Å²) in [4.78, 5) is 37.6. The number of likely N-dealkylation sites (tertiary alicyclic amines) is 1. The maximum absolute atomic E-state index is 12.7. The third kappa shape index (κ3) is 6.36. The highest BCUT2D eigenvalue weighted by Crippen LogP contribution is 2.17. The molecule has 1 aliphatic heterocycles. The molecule has 1 aromatic rings. The zero-order valence-corrected chi connectivity index (χ0v) is 16.2. The summed E-state index contributed by atoms with van der Waals surface area (Å²) in [5.41, 5.74) is 0.746. The molecule has 1 saturated heterocycles. The quantitative estimate of drug-likeness (QED) is 0.665. The summed E-state index contributed by atoms with van der Waals surface area (Å²) in [6.45, 7) is 6.15. The summed E-state index contributed by atoms with van der Waals surface area (Å²) >= 11 is 0. The lowest BCUT2D eigenvalue weighted by atomic mass is 10.0. The van der Waals surface area contributed by atoms with E-state index in [2.05, 4.69) is 10.6 Å². The van der Waals surface area contributed by atoms with Crippen LogP contribution in [0.4, 0.5) is 0 Å². The maximum atomic E-state index is 12.7. The number of carbonyl (C=O) groups is 3. The second-order valence-electron chi connectivity index (χ2n) is 7.94. The molecule has 0 spiro atoms. The van der Waals surface area contributed by atoms with Crippen LogP contribution in [0, 0.1) is 0 Å². The minimum atomic E-state index is -0.997. The van der Waals surface area contributed by atoms with Crippen molar-refractivity contribution in [1.29, 1.82) is 0 Å². The molecular formula is C20H29N3O4. The smallest absolute Gasteiger partial charge is 0.326 e. The van der Waals surface area contributed by atoms with Gasteiger partial charge in [-0.25, -0.2) is 4.79 Å². The highest BCUT2D eigenvalue weighted by molar-refractivity contribution is 5.90. The predicted octanol–water partition coefficient (Wildman–Crippen LogP) is 1.18. The summed E-state index contributed by atoms with van der Waals surface area (Å²) in [6.07, 6.45) is 1.62. The van der Waals surface area contributed by atoms with Gasteiger partial charge in [-0.1, -0.05) is 30.3 Å². The average molecular weight is 375 g/mol. The molecule has 1 aromatic carbocycles. The van der Waals surface area contributed by atoms with Gasteiger partial charge in [-0.15, -0.1) is 0 Å². The summed E-state index contributed by atoms with van der Waals surface area (Å²) in [5.74, 6) is -1.63. The number of nitrogens with one attached hydrogen (secondary N) is 2. The molecule has 27 heavy (non-hydrogen) atoms. The van der Waals surface area contributed by atoms with Crippen LogP contribution in [0.1, 0.15) is 39.2 Å². The molecule has 0 saturated carbocycles. The van der Waals surface area contributed by atoms with Crippen LogP contribution in [-0.2, 0) is 20.8 Å². The Morgan fingerprint density at radius 2 is 1.89 bits per heavy atom. The van der Waals surface area contributed by atoms with Crippen molar-refractivity contribution in [2.75, 3.05) is 13.1 Å². The van der Waals surface area contributed by atoms with Crippen molar-refractivity contribution >= 4 is 17.8 Å². The van der Waals surface area contributed by atoms with E-state index in [-0.39, 0.29) is 23.9 Å². The first-order valence-corrected chi connectivity index (χ1v) is 9.29. The third-order valence-electron chi connectivity index (χ3n) is 4.48. The van der Waals surface area contributed by atoms with Crippen molar-refractivity contribution in [2.45, 2.75) is 57.7 Å². The van der Waals surface area contributed by atoms with Gasteiger partial charge in [0.25, 0.3) is 0 Å². The van der Waals surface area contributed by atoms with Gasteiger partial charge in [0, 0.05) is 12.1 Å². The molecule has 1 fully saturated rings. The standard InChI is InChI=1S/C20H29N3O4/c1-20(2,3)22-15(12-14-8-5-4-6-9-14)18(25)21-13-17(24)23-11-7-10-16(23)19(26)27/h4-6,8-9,15-16,22H,7,10-13H2,1-3H3,(H,21,25)(H,26,27)/t15-,16-/m0/s1. The van der Waals surface area contributed by atoms with Crippen LogP contribution in [0.3, 0.4) is 0 Å². The lowest BCUT2D eigenvalue weighted by Crippen LogP contribution is -2.54. The van der Waals surface area contributed by atoms with E-state index in [4.69, 9.17) is 0 Å². The highest BCUT2D eigenvalue weighted by Gasteiger charge is 2.34. The van der Waals surface area contributed by atoms with Gasteiger partial charge < -0.3 is 20.6 Å². The van der Waals surface area contributed by atoms with Gasteiger partial charge >= 0.3 is 5.97 Å². The zero-order valence-electron chi connectivity index (χ0n) is 16.2. The first-order chi connectivity index (χ1) is 12.7. The van der Waals surface area contributed by atoms with Crippen molar-refractivity contribution in [3.8, 4) is 0 Å². The van der Waals surface area contributed by atoms with Crippen LogP contribution in [0.5, 0.6) is 0 Å². The molecular weight excluding hydrogens is 346 g/mol. The minimum absolute atomic E-state index is 0.195. The average Bonchev–Trinajstić information content (AvgIpc) is 3.08. The number of benzene rings is 1. The second-order valence-corrected chi connectivity index (χ2v) is 7.94. The molecule has 0 aromatic heterocycles. The van der Waals surface area contributed by atoms with E-state index in [1.54, 1.807) is 0 Å². The van der Waals surface area contributed by atoms with Crippen LogP contribution >= 0.6 is 0 Å². The molecule has 148 valence electrons. The Morgan fingerprint density at radius 3 is 2.48 bits per heavy atom. The van der Waals surface area contributed by atoms with Gasteiger partial charge in [0.2, 0.25) is 11.8 Å². The number of carboxylic acid groups (broad SMARTS) is 1. The molecule has 0 bridgehead atoms. The van der Waals surface area contributed by atoms with E-state index < -0.39 is 18.1 Å². The van der Waals surface area contributed by atoms with Gasteiger partial charge in [-0.3, -0.25) is 9.59 Å². The fourth-order valence-corrected chi connectivity index (χ4v) is 3.29. The molecule has 2 rings (SSSR count). The van der Waals surface area contributed by atoms with Crippen LogP contribution in [-0.4, -0.2) is 58.5 Å². The molecule has 0 unspecified atom stereocenters. The predicted molar refractivity (Wildman–Crippen MR) is 102 cm³/mol. The second kappa shape index (κ2) is 8.99. The summed E-state index contributed by atoms with van der Waals surface area (Å²) < 4.78 is 0. The van der Waals surface area contributed by atoms with E-state index in [1.165, 1.54) is 4.90 Å². The molecule has 7 nitrogen and oxygen atoms in total. The van der Waals surface area contributed by atoms with Crippen molar-refractivity contribution in [3.05, 3.63) is 35.9 Å². The number of amides is 2. The highest BCUT2D eigenvalue weighted by atomic mass is 16.4. The SMILES string of the molecule is CC(C)(C)N[C@@H](Cc1ccccc1)C(=O)NCC(=O)N1CCC[C@H]1C(=O)O. The summed E-state index contributed by atoms with van der Waals surface area (Å²) in [6, 6.07) is 8.39. The summed E-state index contributed by atoms with van der Waals surface area (Å²) in [5, 5.41) is 15.2. The first-order valence-electron chi connectivity index (χ1n) is 9.29. The lowest BCUT2D eigenvalue weighted by Gasteiger charge is -2.28. The monoisotopic (exact) mass is 375 g/mol. The van der Waals surface area contributed by atoms with Crippen LogP contribution in [0.15, 0.2) is 30.3 Å². The number of carboxylic acids is 1. The van der Waals surface area contributed by atoms with Gasteiger partial charge in [-0.05, 0) is 45.6 Å². The van der Waals surface area contributed by atoms with E-state index in [1.807, 2.05) is 51.1 Å². The Kier molecular flexibility index (Phi) is 6.96. The van der Waals surface area contributed by atoms with Gasteiger partial charge in [0.1, 0.15) is 6.04 Å². The molecule has 3 N–H and O–H groups in total. The Balaban J connectivity index is 1.98. The fraction of sp³-hybridized carbons (Fsp3) is 0.550. The van der Waals surface area contributed by atoms with Gasteiger partial charge in [0.15, 0.2) is 0 Å². The number of hydrogen-bond acceptors (Lipinski definition) is 4. The van der Waals surface area contributed by atoms with Gasteiger partial charge in [0.05, 0.1) is 12.6 Å². The van der Waals surface area contributed by atoms with Gasteiger partial charge in [-0.2, -0.15) is 0 Å². The lowest BCUT2D eigenvalue weighted by molar-refractivity contribution is -0.148. The summed E-state index contributed by atoms with van der Waals surface area (Å²) in [7, 11) is 0. The topological polar surface area (TPSA) is 98.7 Å². The number of rotatable bonds is 7. The van der Waals surface area contributed by atoms with Crippen molar-refractivity contribution in [3.63, 3.8) is 0 Å². The zero-order chi connectivity index (χ0) is 20.0. The Morgan fingerprint density at radius 1 is 1.22 bits per heavy atom. The normalized spacial score (nSPS) is 18.2. The molecule has 2 atom stereocenters. The van der Waals surface area contributed by atoms with E-state index in [9.17, 15) is 19.5 Å². The van der Waals surface area contributed by atoms with Crippen molar-refractivity contribution in [1.82, 2.24) is 15.5 Å². The fourth-order valence-electron chi connectivity index (χ4n) is 3.29. The third-order valence-corrected chi connectivity index (χ3v) is 4.48. The Labute approximate surface area is 160 Å². The van der Waals surface area contributed by atoms with Crippen LogP contribution in [0.25, 0.3) is 0 Å². The number of hydrogen-bond donors (Lipinski definition) is 3. The molecule has 7 heteroatoms. The largest absolute Gasteiger partial charge is 0.480 e. The van der Waals surface area contributed by atoms with E-state index >= 15 is 0 Å². The van der Waals surface area contributed by atoms with Crippen LogP contribution in [0.2, 0.25) is 0 Å².